The van der Waals surface area contributed by atoms with Gasteiger partial charge < -0.3 is 14.8 Å². The minimum atomic E-state index is -4.86. The Balaban J connectivity index is 2.18. The van der Waals surface area contributed by atoms with E-state index >= 15 is 0 Å². The van der Waals surface area contributed by atoms with Gasteiger partial charge in [-0.05, 0) is 17.7 Å². The molecule has 0 aliphatic carbocycles. The summed E-state index contributed by atoms with van der Waals surface area (Å²) in [7, 11) is 0. The molecule has 0 bridgehead atoms. The fraction of sp³-hybridized carbons (Fsp3) is 0.364. The molecule has 0 unspecified atom stereocenters. The van der Waals surface area contributed by atoms with E-state index < -0.39 is 36.8 Å². The van der Waals surface area contributed by atoms with Crippen molar-refractivity contribution in [1.82, 2.24) is 5.32 Å². The molecule has 0 aromatic heterocycles. The predicted octanol–water partition coefficient (Wildman–Crippen LogP) is 3.00. The second-order valence-electron chi connectivity index (χ2n) is 4.03. The summed E-state index contributed by atoms with van der Waals surface area (Å²) in [5, 5.41) is 1.92. The lowest BCUT2D eigenvalue weighted by Gasteiger charge is -2.31. The predicted molar refractivity (Wildman–Crippen MR) is 55.3 cm³/mol. The number of carbonyl (C=O) groups is 1. The molecule has 1 atom stereocenters. The van der Waals surface area contributed by atoms with Crippen LogP contribution in [0.5, 0.6) is 5.75 Å². The van der Waals surface area contributed by atoms with Gasteiger partial charge in [0.25, 0.3) is 0 Å². The number of alkyl halides is 5. The highest BCUT2D eigenvalue weighted by atomic mass is 19.4. The van der Waals surface area contributed by atoms with Crippen LogP contribution in [0.15, 0.2) is 24.3 Å². The maximum atomic E-state index is 13.5. The highest BCUT2D eigenvalue weighted by Crippen LogP contribution is 2.35. The fourth-order valence-electron chi connectivity index (χ4n) is 1.70. The highest BCUT2D eigenvalue weighted by Gasteiger charge is 2.46. The average molecular weight is 297 g/mol. The van der Waals surface area contributed by atoms with Crippen molar-refractivity contribution in [3.8, 4) is 5.75 Å². The Morgan fingerprint density at radius 1 is 1.25 bits per heavy atom. The molecule has 1 fully saturated rings. The third-order valence-corrected chi connectivity index (χ3v) is 2.53. The van der Waals surface area contributed by atoms with E-state index in [4.69, 9.17) is 0 Å². The van der Waals surface area contributed by atoms with Crippen molar-refractivity contribution in [2.75, 3.05) is 6.61 Å². The quantitative estimate of drug-likeness (QED) is 0.854. The van der Waals surface area contributed by atoms with Gasteiger partial charge in [0.05, 0.1) is 0 Å². The number of alkyl carbamates (subject to hydrolysis) is 1. The van der Waals surface area contributed by atoms with E-state index in [0.717, 1.165) is 24.3 Å². The molecule has 1 amide bonds. The minimum absolute atomic E-state index is 0.0545. The molecule has 20 heavy (non-hydrogen) atoms. The number of cyclic esters (lactones) is 1. The van der Waals surface area contributed by atoms with E-state index in [1.54, 1.807) is 0 Å². The van der Waals surface area contributed by atoms with Gasteiger partial charge in [-0.15, -0.1) is 13.2 Å². The summed E-state index contributed by atoms with van der Waals surface area (Å²) >= 11 is 0. The monoisotopic (exact) mass is 297 g/mol. The smallest absolute Gasteiger partial charge is 0.443 e. The Labute approximate surface area is 109 Å². The summed E-state index contributed by atoms with van der Waals surface area (Å²) in [5.41, 5.74) is -0.0545. The summed E-state index contributed by atoms with van der Waals surface area (Å²) in [4.78, 5) is 10.9. The summed E-state index contributed by atoms with van der Waals surface area (Å²) in [6.07, 6.45) is -5.88. The zero-order chi connectivity index (χ0) is 15.0. The van der Waals surface area contributed by atoms with Gasteiger partial charge in [-0.2, -0.15) is 0 Å². The van der Waals surface area contributed by atoms with E-state index in [0.29, 0.717) is 0 Å². The third-order valence-electron chi connectivity index (χ3n) is 2.53. The van der Waals surface area contributed by atoms with Crippen LogP contribution >= 0.6 is 0 Å². The van der Waals surface area contributed by atoms with E-state index in [9.17, 15) is 26.7 Å². The Morgan fingerprint density at radius 3 is 2.40 bits per heavy atom. The number of hydrogen-bond acceptors (Lipinski definition) is 3. The first-order valence-corrected chi connectivity index (χ1v) is 5.34. The van der Waals surface area contributed by atoms with Crippen molar-refractivity contribution in [1.29, 1.82) is 0 Å². The lowest BCUT2D eigenvalue weighted by Crippen LogP contribution is -2.49. The number of ether oxygens (including phenoxy) is 2. The molecule has 0 saturated carbocycles. The van der Waals surface area contributed by atoms with Gasteiger partial charge in [0, 0.05) is 0 Å². The fourth-order valence-corrected chi connectivity index (χ4v) is 1.70. The van der Waals surface area contributed by atoms with Crippen LogP contribution in [-0.4, -0.2) is 25.0 Å². The number of nitrogens with one attached hydrogen (secondary N) is 1. The summed E-state index contributed by atoms with van der Waals surface area (Å²) in [6, 6.07) is 2.15. The minimum Gasteiger partial charge on any atom is -0.443 e. The SMILES string of the molecule is O=C1N[C@@H](c2ccc(OC(F)(F)F)cc2)C(F)(F)CO1. The molecule has 0 radical (unpaired) electrons. The zero-order valence-electron chi connectivity index (χ0n) is 9.71. The van der Waals surface area contributed by atoms with Gasteiger partial charge in [0.15, 0.2) is 6.61 Å². The van der Waals surface area contributed by atoms with E-state index in [1.165, 1.54) is 0 Å². The van der Waals surface area contributed by atoms with Crippen LogP contribution in [0.3, 0.4) is 0 Å². The molecule has 4 nitrogen and oxygen atoms in total. The topological polar surface area (TPSA) is 47.6 Å². The molecule has 1 heterocycles. The maximum absolute atomic E-state index is 13.5. The van der Waals surface area contributed by atoms with Crippen molar-refractivity contribution in [3.63, 3.8) is 0 Å². The van der Waals surface area contributed by atoms with Crippen LogP contribution in [0.4, 0.5) is 26.7 Å². The molecule has 0 spiro atoms. The highest BCUT2D eigenvalue weighted by molar-refractivity contribution is 5.69. The van der Waals surface area contributed by atoms with Crippen molar-refractivity contribution >= 4 is 6.09 Å². The van der Waals surface area contributed by atoms with Gasteiger partial charge in [-0.3, -0.25) is 0 Å². The first kappa shape index (κ1) is 14.4. The normalized spacial score (nSPS) is 21.9. The van der Waals surface area contributed by atoms with Crippen molar-refractivity contribution in [3.05, 3.63) is 29.8 Å². The maximum Gasteiger partial charge on any atom is 0.573 e. The van der Waals surface area contributed by atoms with E-state index in [1.807, 2.05) is 5.32 Å². The molecule has 1 saturated heterocycles. The van der Waals surface area contributed by atoms with Crippen molar-refractivity contribution in [2.24, 2.45) is 0 Å². The summed E-state index contributed by atoms with van der Waals surface area (Å²) in [5.74, 6) is -3.90. The Morgan fingerprint density at radius 2 is 1.85 bits per heavy atom. The lowest BCUT2D eigenvalue weighted by atomic mass is 10.00. The Bertz CT molecular complexity index is 500. The van der Waals surface area contributed by atoms with Gasteiger partial charge in [0.1, 0.15) is 11.8 Å². The first-order chi connectivity index (χ1) is 9.17. The molecular formula is C11H8F5NO3. The zero-order valence-corrected chi connectivity index (χ0v) is 9.71. The van der Waals surface area contributed by atoms with Crippen molar-refractivity contribution < 1.29 is 36.2 Å². The standard InChI is InChI=1S/C11H8F5NO3/c12-10(13)5-19-9(18)17-8(10)6-1-3-7(4-2-6)20-11(14,15)16/h1-4,8H,5H2,(H,17,18)/t8-/m0/s1. The Hall–Kier alpha value is -2.06. The molecule has 1 N–H and O–H groups in total. The molecule has 1 aromatic carbocycles. The molecule has 9 heteroatoms. The largest absolute Gasteiger partial charge is 0.573 e. The van der Waals surface area contributed by atoms with E-state index in [-0.39, 0.29) is 5.56 Å². The van der Waals surface area contributed by atoms with Crippen LogP contribution in [0.2, 0.25) is 0 Å². The summed E-state index contributed by atoms with van der Waals surface area (Å²) < 4.78 is 70.7. The number of carbonyl (C=O) groups excluding carboxylic acids is 1. The number of halogens is 5. The van der Waals surface area contributed by atoms with E-state index in [2.05, 4.69) is 9.47 Å². The van der Waals surface area contributed by atoms with Crippen LogP contribution < -0.4 is 10.1 Å². The Kier molecular flexibility index (Phi) is 3.45. The van der Waals surface area contributed by atoms with Crippen LogP contribution in [0, 0.1) is 0 Å². The summed E-state index contributed by atoms with van der Waals surface area (Å²) in [6.45, 7) is -1.09. The second-order valence-corrected chi connectivity index (χ2v) is 4.03. The molecule has 1 aromatic rings. The van der Waals surface area contributed by atoms with Crippen LogP contribution in [0.25, 0.3) is 0 Å². The molecule has 1 aliphatic heterocycles. The second kappa shape index (κ2) is 4.80. The number of rotatable bonds is 2. The van der Waals surface area contributed by atoms with Crippen molar-refractivity contribution in [2.45, 2.75) is 18.3 Å². The third kappa shape index (κ3) is 3.28. The van der Waals surface area contributed by atoms with Crippen LogP contribution in [0.1, 0.15) is 11.6 Å². The number of benzene rings is 1. The van der Waals surface area contributed by atoms with Gasteiger partial charge in [0.2, 0.25) is 0 Å². The molecule has 1 aliphatic rings. The van der Waals surface area contributed by atoms with Gasteiger partial charge >= 0.3 is 18.4 Å². The molecule has 2 rings (SSSR count). The van der Waals surface area contributed by atoms with Gasteiger partial charge in [-0.25, -0.2) is 13.6 Å². The molecular weight excluding hydrogens is 289 g/mol. The lowest BCUT2D eigenvalue weighted by molar-refractivity contribution is -0.274. The number of amides is 1. The van der Waals surface area contributed by atoms with Gasteiger partial charge in [-0.1, -0.05) is 12.1 Å². The first-order valence-electron chi connectivity index (χ1n) is 5.34. The average Bonchev–Trinajstić information content (AvgIpc) is 2.32. The van der Waals surface area contributed by atoms with Crippen LogP contribution in [-0.2, 0) is 4.74 Å². The molecule has 110 valence electrons. The number of hydrogen-bond donors (Lipinski definition) is 1.